The zero-order valence-corrected chi connectivity index (χ0v) is 11.9. The van der Waals surface area contributed by atoms with E-state index in [4.69, 9.17) is 0 Å². The first kappa shape index (κ1) is 19.2. The average Bonchev–Trinajstić information content (AvgIpc) is 1.96. The molecule has 0 fully saturated rings. The first-order chi connectivity index (χ1) is 5.27. The van der Waals surface area contributed by atoms with E-state index in [1.165, 1.54) is 0 Å². The van der Waals surface area contributed by atoms with Crippen LogP contribution in [0.3, 0.4) is 0 Å². The van der Waals surface area contributed by atoms with Crippen LogP contribution in [0.5, 0.6) is 0 Å². The fraction of sp³-hybridized carbons (Fsp3) is 0.875. The monoisotopic (exact) mass is 215 g/mol. The molecule has 0 spiro atoms. The molecule has 0 heterocycles. The van der Waals surface area contributed by atoms with Crippen LogP contribution in [0.4, 0.5) is 0 Å². The molecular formula is C8H19ClN3Na. The summed E-state index contributed by atoms with van der Waals surface area (Å²) >= 11 is 0. The Balaban J connectivity index is -0.000000167. The largest absolute Gasteiger partial charge is 1.00 e. The van der Waals surface area contributed by atoms with Crippen molar-refractivity contribution >= 4 is 18.4 Å². The van der Waals surface area contributed by atoms with Crippen molar-refractivity contribution in [2.75, 3.05) is 33.7 Å². The maximum absolute atomic E-state index is 3.99. The van der Waals surface area contributed by atoms with Gasteiger partial charge in [0.05, 0.1) is 12.6 Å². The molecule has 0 saturated carbocycles. The van der Waals surface area contributed by atoms with Crippen molar-refractivity contribution in [1.29, 1.82) is 0 Å². The molecule has 0 aliphatic carbocycles. The van der Waals surface area contributed by atoms with E-state index in [1.54, 1.807) is 0 Å². The second-order valence-corrected chi connectivity index (χ2v) is 2.61. The maximum Gasteiger partial charge on any atom is 1.00 e. The SMILES string of the molecule is CCN=C=NCCCN(C)C.Cl.[H-].[Na+]. The van der Waals surface area contributed by atoms with Crippen LogP contribution in [0.25, 0.3) is 0 Å². The molecule has 0 saturated heterocycles. The van der Waals surface area contributed by atoms with Crippen LogP contribution >= 0.6 is 12.4 Å². The van der Waals surface area contributed by atoms with Crippen LogP contribution in [0.2, 0.25) is 0 Å². The van der Waals surface area contributed by atoms with E-state index in [2.05, 4.69) is 35.0 Å². The van der Waals surface area contributed by atoms with E-state index >= 15 is 0 Å². The zero-order valence-electron chi connectivity index (χ0n) is 10.1. The number of halogens is 1. The molecule has 0 radical (unpaired) electrons. The van der Waals surface area contributed by atoms with E-state index in [1.807, 2.05) is 6.92 Å². The summed E-state index contributed by atoms with van der Waals surface area (Å²) in [6.07, 6.45) is 1.08. The molecular weight excluding hydrogens is 197 g/mol. The van der Waals surface area contributed by atoms with Crippen LogP contribution in [0.1, 0.15) is 14.8 Å². The Kier molecular flexibility index (Phi) is 22.4. The molecule has 0 amide bonds. The van der Waals surface area contributed by atoms with Crippen LogP contribution in [-0.4, -0.2) is 44.6 Å². The van der Waals surface area contributed by atoms with Gasteiger partial charge in [0.25, 0.3) is 0 Å². The summed E-state index contributed by atoms with van der Waals surface area (Å²) in [5.74, 6) is 0. The topological polar surface area (TPSA) is 28.0 Å². The molecule has 0 aliphatic heterocycles. The number of hydrogen-bond donors (Lipinski definition) is 0. The molecule has 0 N–H and O–H groups in total. The Morgan fingerprint density at radius 1 is 1.31 bits per heavy atom. The summed E-state index contributed by atoms with van der Waals surface area (Å²) in [5.41, 5.74) is 0. The Morgan fingerprint density at radius 3 is 2.38 bits per heavy atom. The van der Waals surface area contributed by atoms with E-state index in [-0.39, 0.29) is 43.4 Å². The Labute approximate surface area is 111 Å². The number of hydrogen-bond acceptors (Lipinski definition) is 3. The van der Waals surface area contributed by atoms with Crippen molar-refractivity contribution in [2.45, 2.75) is 13.3 Å². The zero-order chi connectivity index (χ0) is 8.53. The van der Waals surface area contributed by atoms with Gasteiger partial charge in [0.2, 0.25) is 0 Å². The Bertz CT molecular complexity index is 150. The predicted octanol–water partition coefficient (Wildman–Crippen LogP) is -1.33. The van der Waals surface area contributed by atoms with Crippen molar-refractivity contribution in [3.8, 4) is 0 Å². The summed E-state index contributed by atoms with van der Waals surface area (Å²) in [6.45, 7) is 4.67. The van der Waals surface area contributed by atoms with Gasteiger partial charge in [0, 0.05) is 6.54 Å². The summed E-state index contributed by atoms with van der Waals surface area (Å²) in [6, 6.07) is 2.64. The molecule has 0 bridgehead atoms. The normalized spacial score (nSPS) is 8.00. The predicted molar refractivity (Wildman–Crippen MR) is 56.8 cm³/mol. The van der Waals surface area contributed by atoms with Gasteiger partial charge in [-0.1, -0.05) is 0 Å². The third-order valence-corrected chi connectivity index (χ3v) is 1.17. The minimum atomic E-state index is 0. The van der Waals surface area contributed by atoms with E-state index in [9.17, 15) is 0 Å². The molecule has 0 aliphatic rings. The van der Waals surface area contributed by atoms with Crippen molar-refractivity contribution in [3.05, 3.63) is 0 Å². The molecule has 0 unspecified atom stereocenters. The summed E-state index contributed by atoms with van der Waals surface area (Å²) < 4.78 is 0. The second kappa shape index (κ2) is 15.1. The molecule has 0 aromatic rings. The van der Waals surface area contributed by atoms with Gasteiger partial charge >= 0.3 is 29.6 Å². The molecule has 0 aromatic heterocycles. The van der Waals surface area contributed by atoms with Crippen molar-refractivity contribution in [2.24, 2.45) is 9.98 Å². The number of nitrogens with zero attached hydrogens (tertiary/aromatic N) is 3. The minimum Gasteiger partial charge on any atom is -1.00 e. The van der Waals surface area contributed by atoms with Gasteiger partial charge in [-0.25, -0.2) is 9.98 Å². The Morgan fingerprint density at radius 2 is 1.92 bits per heavy atom. The van der Waals surface area contributed by atoms with E-state index in [0.29, 0.717) is 0 Å². The first-order valence-corrected chi connectivity index (χ1v) is 4.00. The Hall–Kier alpha value is 0.630. The molecule has 5 heteroatoms. The summed E-state index contributed by atoms with van der Waals surface area (Å²) in [5, 5.41) is 0. The quantitative estimate of drug-likeness (QED) is 0.317. The molecule has 0 atom stereocenters. The molecule has 0 aromatic carbocycles. The standard InChI is InChI=1S/C8H17N3.ClH.Na.H/c1-4-9-8-10-6-5-7-11(2)3;;;/h4-7H2,1-3H3;1H;;/q;;+1;-1. The van der Waals surface area contributed by atoms with Crippen molar-refractivity contribution in [3.63, 3.8) is 0 Å². The maximum atomic E-state index is 3.99. The van der Waals surface area contributed by atoms with Gasteiger partial charge in [-0.3, -0.25) is 0 Å². The second-order valence-electron chi connectivity index (χ2n) is 2.61. The van der Waals surface area contributed by atoms with Gasteiger partial charge in [-0.05, 0) is 34.0 Å². The van der Waals surface area contributed by atoms with Crippen molar-refractivity contribution < 1.29 is 31.0 Å². The first-order valence-electron chi connectivity index (χ1n) is 4.00. The van der Waals surface area contributed by atoms with Crippen molar-refractivity contribution in [1.82, 2.24) is 4.90 Å². The van der Waals surface area contributed by atoms with E-state index < -0.39 is 0 Å². The van der Waals surface area contributed by atoms with Crippen LogP contribution in [0.15, 0.2) is 9.98 Å². The molecule has 74 valence electrons. The fourth-order valence-electron chi connectivity index (χ4n) is 0.637. The third-order valence-electron chi connectivity index (χ3n) is 1.17. The van der Waals surface area contributed by atoms with Gasteiger partial charge in [-0.15, -0.1) is 12.4 Å². The van der Waals surface area contributed by atoms with Crippen LogP contribution < -0.4 is 29.6 Å². The average molecular weight is 216 g/mol. The van der Waals surface area contributed by atoms with Crippen LogP contribution in [-0.2, 0) is 0 Å². The summed E-state index contributed by atoms with van der Waals surface area (Å²) in [4.78, 5) is 9.99. The van der Waals surface area contributed by atoms with Gasteiger partial charge in [0.15, 0.2) is 0 Å². The number of aliphatic imine (C=N–C) groups is 2. The van der Waals surface area contributed by atoms with E-state index in [0.717, 1.165) is 26.1 Å². The molecule has 13 heavy (non-hydrogen) atoms. The van der Waals surface area contributed by atoms with Gasteiger partial charge in [0.1, 0.15) is 0 Å². The summed E-state index contributed by atoms with van der Waals surface area (Å²) in [7, 11) is 4.12. The minimum absolute atomic E-state index is 0. The van der Waals surface area contributed by atoms with Crippen LogP contribution in [0, 0.1) is 0 Å². The fourth-order valence-corrected chi connectivity index (χ4v) is 0.637. The number of rotatable bonds is 5. The van der Waals surface area contributed by atoms with Gasteiger partial charge < -0.3 is 6.33 Å². The smallest absolute Gasteiger partial charge is 1.00 e. The van der Waals surface area contributed by atoms with Gasteiger partial charge in [-0.2, -0.15) is 0 Å². The molecule has 3 nitrogen and oxygen atoms in total. The molecule has 0 rings (SSSR count). The third kappa shape index (κ3) is 19.2.